The Labute approximate surface area is 232 Å². The lowest BCUT2D eigenvalue weighted by atomic mass is 10.1. The van der Waals surface area contributed by atoms with E-state index in [4.69, 9.17) is 13.8 Å². The van der Waals surface area contributed by atoms with Crippen molar-refractivity contribution in [3.05, 3.63) is 60.8 Å². The van der Waals surface area contributed by atoms with E-state index in [0.29, 0.717) is 17.6 Å². The summed E-state index contributed by atoms with van der Waals surface area (Å²) in [6, 6.07) is 0. The molecule has 0 aliphatic carbocycles. The molecule has 0 saturated heterocycles. The summed E-state index contributed by atoms with van der Waals surface area (Å²) in [6.07, 6.45) is 31.6. The fourth-order valence-electron chi connectivity index (χ4n) is 3.10. The number of phosphoric ester groups is 1. The van der Waals surface area contributed by atoms with Crippen LogP contribution < -0.4 is 0 Å². The van der Waals surface area contributed by atoms with Gasteiger partial charge in [-0.1, -0.05) is 80.5 Å². The Morgan fingerprint density at radius 1 is 0.711 bits per heavy atom. The van der Waals surface area contributed by atoms with Crippen molar-refractivity contribution in [3.8, 4) is 0 Å². The van der Waals surface area contributed by atoms with Crippen LogP contribution in [0.2, 0.25) is 0 Å². The van der Waals surface area contributed by atoms with E-state index in [1.807, 2.05) is 21.1 Å². The monoisotopic (exact) mass is 556 g/mol. The average Bonchev–Trinajstić information content (AvgIpc) is 2.85. The molecule has 8 heteroatoms. The van der Waals surface area contributed by atoms with E-state index in [1.54, 1.807) is 0 Å². The number of hydrogen-bond donors (Lipinski definition) is 2. The Morgan fingerprint density at radius 2 is 1.24 bits per heavy atom. The second-order valence-corrected chi connectivity index (χ2v) is 11.7. The van der Waals surface area contributed by atoms with Gasteiger partial charge in [0, 0.05) is 6.61 Å². The molecule has 0 amide bonds. The Hall–Kier alpha value is -1.31. The van der Waals surface area contributed by atoms with Crippen LogP contribution in [-0.2, 0) is 18.3 Å². The molecule has 0 aliphatic heterocycles. The molecule has 0 radical (unpaired) electrons. The van der Waals surface area contributed by atoms with Gasteiger partial charge in [-0.3, -0.25) is 9.05 Å². The molecular weight excluding hydrogens is 501 g/mol. The first-order valence-electron chi connectivity index (χ1n) is 14.1. The van der Waals surface area contributed by atoms with Crippen LogP contribution >= 0.6 is 7.82 Å². The number of quaternary nitrogens is 1. The zero-order chi connectivity index (χ0) is 28.4. The number of phosphoric acid groups is 1. The van der Waals surface area contributed by atoms with E-state index in [-0.39, 0.29) is 19.8 Å². The van der Waals surface area contributed by atoms with Crippen molar-refractivity contribution in [1.82, 2.24) is 0 Å². The molecule has 0 aliphatic rings. The number of likely N-dealkylation sites (N-methyl/N-ethyl adjacent to an activating group) is 1. The van der Waals surface area contributed by atoms with Crippen LogP contribution in [0.5, 0.6) is 0 Å². The van der Waals surface area contributed by atoms with E-state index >= 15 is 0 Å². The number of allylic oxidation sites excluding steroid dienone is 10. The van der Waals surface area contributed by atoms with Gasteiger partial charge in [0.2, 0.25) is 0 Å². The fourth-order valence-corrected chi connectivity index (χ4v) is 3.85. The summed E-state index contributed by atoms with van der Waals surface area (Å²) >= 11 is 0. The minimum Gasteiger partial charge on any atom is -0.388 e. The van der Waals surface area contributed by atoms with Crippen LogP contribution in [0.1, 0.15) is 71.1 Å². The summed E-state index contributed by atoms with van der Waals surface area (Å²) in [6.45, 7) is 3.14. The predicted molar refractivity (Wildman–Crippen MR) is 159 cm³/mol. The van der Waals surface area contributed by atoms with Gasteiger partial charge in [-0.25, -0.2) is 4.57 Å². The van der Waals surface area contributed by atoms with E-state index in [2.05, 4.69) is 67.7 Å². The van der Waals surface area contributed by atoms with Crippen molar-refractivity contribution in [3.63, 3.8) is 0 Å². The van der Waals surface area contributed by atoms with E-state index < -0.39 is 13.9 Å². The van der Waals surface area contributed by atoms with Gasteiger partial charge >= 0.3 is 7.82 Å². The van der Waals surface area contributed by atoms with E-state index in [9.17, 15) is 14.6 Å². The zero-order valence-electron chi connectivity index (χ0n) is 24.4. The van der Waals surface area contributed by atoms with Gasteiger partial charge in [0.05, 0.1) is 34.4 Å². The summed E-state index contributed by atoms with van der Waals surface area (Å²) in [5.41, 5.74) is 0. The second-order valence-electron chi connectivity index (χ2n) is 10.3. The number of rotatable bonds is 25. The average molecular weight is 557 g/mol. The molecule has 2 atom stereocenters. The van der Waals surface area contributed by atoms with Crippen LogP contribution in [-0.4, -0.2) is 74.7 Å². The molecule has 220 valence electrons. The van der Waals surface area contributed by atoms with Gasteiger partial charge in [-0.2, -0.15) is 0 Å². The van der Waals surface area contributed by atoms with Crippen LogP contribution in [0, 0.1) is 0 Å². The molecule has 0 fully saturated rings. The Morgan fingerprint density at radius 3 is 1.79 bits per heavy atom. The Balaban J connectivity index is 3.56. The van der Waals surface area contributed by atoms with Crippen molar-refractivity contribution in [2.45, 2.75) is 77.2 Å². The topological polar surface area (TPSA) is 85.2 Å². The zero-order valence-corrected chi connectivity index (χ0v) is 25.3. The number of nitrogens with zero attached hydrogens (tertiary/aromatic N) is 1. The highest BCUT2D eigenvalue weighted by molar-refractivity contribution is 7.47. The molecule has 0 bridgehead atoms. The number of aliphatic hydroxyl groups is 1. The molecule has 0 aromatic carbocycles. The fraction of sp³-hybridized carbons (Fsp3) is 0.667. The van der Waals surface area contributed by atoms with Crippen molar-refractivity contribution in [2.75, 3.05) is 54.1 Å². The molecule has 0 heterocycles. The maximum Gasteiger partial charge on any atom is 0.472 e. The first-order valence-corrected chi connectivity index (χ1v) is 15.6. The highest BCUT2D eigenvalue weighted by atomic mass is 31.2. The lowest BCUT2D eigenvalue weighted by Gasteiger charge is -2.24. The molecule has 38 heavy (non-hydrogen) atoms. The minimum atomic E-state index is -4.16. The quantitative estimate of drug-likeness (QED) is 0.0550. The number of hydrogen-bond acceptors (Lipinski definition) is 5. The lowest BCUT2D eigenvalue weighted by Crippen LogP contribution is -2.37. The van der Waals surface area contributed by atoms with Gasteiger partial charge in [0.1, 0.15) is 19.3 Å². The summed E-state index contributed by atoms with van der Waals surface area (Å²) in [5.74, 6) is 0. The third kappa shape index (κ3) is 29.2. The normalized spacial score (nSPS) is 15.6. The van der Waals surface area contributed by atoms with Crippen LogP contribution in [0.3, 0.4) is 0 Å². The van der Waals surface area contributed by atoms with Crippen LogP contribution in [0.25, 0.3) is 0 Å². The molecule has 7 nitrogen and oxygen atoms in total. The van der Waals surface area contributed by atoms with Gasteiger partial charge in [-0.15, -0.1) is 0 Å². The standard InChI is InChI=1S/C30H54NO6P/c1-5-6-7-8-9-10-11-12-13-14-15-16-17-18-19-20-21-22-23-24-26-35-28-30(32)29-37-38(33,34)36-27-25-31(2,3)4/h6-7,9-10,12-13,15-16,18-19,30,32H,5,8,11,14,17,20-29H2,1-4H3/p+1/b7-6-,10-9-,13-12-,16-15-,19-18-. The molecule has 0 saturated carbocycles. The number of ether oxygens (including phenoxy) is 1. The first-order chi connectivity index (χ1) is 18.2. The first kappa shape index (κ1) is 36.7. The second kappa shape index (κ2) is 24.7. The molecule has 0 spiro atoms. The number of unbranched alkanes of at least 4 members (excludes halogenated alkanes) is 4. The highest BCUT2D eigenvalue weighted by Crippen LogP contribution is 2.43. The molecule has 0 aromatic heterocycles. The van der Waals surface area contributed by atoms with E-state index in [1.165, 1.54) is 0 Å². The third-order valence-corrected chi connectivity index (χ3v) is 6.31. The van der Waals surface area contributed by atoms with E-state index in [0.717, 1.165) is 64.2 Å². The third-order valence-electron chi connectivity index (χ3n) is 5.32. The summed E-state index contributed by atoms with van der Waals surface area (Å²) < 4.78 is 27.6. The molecule has 0 rings (SSSR count). The maximum atomic E-state index is 11.8. The van der Waals surface area contributed by atoms with Gasteiger partial charge in [-0.05, 0) is 51.4 Å². The van der Waals surface area contributed by atoms with Crippen LogP contribution in [0.15, 0.2) is 60.8 Å². The smallest absolute Gasteiger partial charge is 0.388 e. The number of aliphatic hydroxyl groups excluding tert-OH is 1. The lowest BCUT2D eigenvalue weighted by molar-refractivity contribution is -0.870. The van der Waals surface area contributed by atoms with Crippen LogP contribution in [0.4, 0.5) is 0 Å². The van der Waals surface area contributed by atoms with Gasteiger partial charge in [0.25, 0.3) is 0 Å². The largest absolute Gasteiger partial charge is 0.472 e. The highest BCUT2D eigenvalue weighted by Gasteiger charge is 2.24. The SMILES string of the molecule is CC/C=C\C/C=C\C/C=C\C/C=C\C/C=C\CCCCCCOCC(O)COP(=O)(O)OCC[N+](C)(C)C. The molecule has 2 unspecified atom stereocenters. The minimum absolute atomic E-state index is 0.0684. The molecular formula is C30H55NO6P+. The van der Waals surface area contributed by atoms with Gasteiger partial charge < -0.3 is 19.2 Å². The molecule has 0 aromatic rings. The summed E-state index contributed by atoms with van der Waals surface area (Å²) in [5, 5.41) is 9.87. The summed E-state index contributed by atoms with van der Waals surface area (Å²) in [4.78, 5) is 9.65. The summed E-state index contributed by atoms with van der Waals surface area (Å²) in [7, 11) is 1.72. The van der Waals surface area contributed by atoms with Crippen molar-refractivity contribution >= 4 is 7.82 Å². The maximum absolute atomic E-state index is 11.8. The van der Waals surface area contributed by atoms with Crippen molar-refractivity contribution < 1.29 is 32.8 Å². The predicted octanol–water partition coefficient (Wildman–Crippen LogP) is 6.91. The Kier molecular flexibility index (Phi) is 23.9. The molecule has 2 N–H and O–H groups in total. The van der Waals surface area contributed by atoms with Gasteiger partial charge in [0.15, 0.2) is 0 Å². The van der Waals surface area contributed by atoms with Crippen molar-refractivity contribution in [1.29, 1.82) is 0 Å². The van der Waals surface area contributed by atoms with Crippen molar-refractivity contribution in [2.24, 2.45) is 0 Å². The Bertz CT molecular complexity index is 740.